The predicted molar refractivity (Wildman–Crippen MR) is 84.5 cm³/mol. The molecule has 3 rings (SSSR count). The van der Waals surface area contributed by atoms with Crippen LogP contribution in [0.1, 0.15) is 49.3 Å². The molecular formula is C18H22F3NO3. The molecule has 2 atom stereocenters. The number of carbonyl (C=O) groups is 1. The summed E-state index contributed by atoms with van der Waals surface area (Å²) in [7, 11) is 0. The van der Waals surface area contributed by atoms with E-state index in [4.69, 9.17) is 0 Å². The summed E-state index contributed by atoms with van der Waals surface area (Å²) in [4.78, 5) is 14.2. The van der Waals surface area contributed by atoms with Gasteiger partial charge in [0.2, 0.25) is 5.91 Å². The first-order valence-corrected chi connectivity index (χ1v) is 8.60. The van der Waals surface area contributed by atoms with Gasteiger partial charge in [-0.2, -0.15) is 13.2 Å². The van der Waals surface area contributed by atoms with Gasteiger partial charge in [0.05, 0.1) is 23.8 Å². The van der Waals surface area contributed by atoms with E-state index in [1.54, 1.807) is 0 Å². The van der Waals surface area contributed by atoms with Gasteiger partial charge in [0, 0.05) is 12.5 Å². The van der Waals surface area contributed by atoms with Gasteiger partial charge in [-0.1, -0.05) is 18.2 Å². The molecule has 1 aliphatic heterocycles. The molecule has 0 radical (unpaired) electrons. The van der Waals surface area contributed by atoms with E-state index < -0.39 is 30.0 Å². The lowest BCUT2D eigenvalue weighted by Gasteiger charge is -2.32. The maximum atomic E-state index is 13.3. The number of carbonyl (C=O) groups excluding carboxylic acids is 1. The van der Waals surface area contributed by atoms with Crippen molar-refractivity contribution in [1.82, 2.24) is 4.90 Å². The molecule has 4 nitrogen and oxygen atoms in total. The normalized spacial score (nSPS) is 30.5. The van der Waals surface area contributed by atoms with E-state index in [2.05, 4.69) is 0 Å². The highest BCUT2D eigenvalue weighted by atomic mass is 19.4. The molecule has 1 saturated heterocycles. The van der Waals surface area contributed by atoms with Crippen LogP contribution < -0.4 is 0 Å². The number of likely N-dealkylation sites (tertiary alicyclic amines) is 1. The first-order valence-electron chi connectivity index (χ1n) is 8.60. The number of hydrogen-bond donors (Lipinski definition) is 2. The van der Waals surface area contributed by atoms with Crippen molar-refractivity contribution in [2.45, 2.75) is 56.5 Å². The zero-order valence-corrected chi connectivity index (χ0v) is 13.7. The summed E-state index contributed by atoms with van der Waals surface area (Å²) >= 11 is 0. The van der Waals surface area contributed by atoms with Gasteiger partial charge in [0.15, 0.2) is 0 Å². The fourth-order valence-electron chi connectivity index (χ4n) is 3.96. The number of alkyl halides is 3. The van der Waals surface area contributed by atoms with E-state index in [-0.39, 0.29) is 30.4 Å². The van der Waals surface area contributed by atoms with Crippen LogP contribution in [-0.2, 0) is 11.0 Å². The third-order valence-electron chi connectivity index (χ3n) is 5.23. The van der Waals surface area contributed by atoms with Crippen LogP contribution in [0.25, 0.3) is 0 Å². The molecule has 0 bridgehead atoms. The number of β-amino-alcohol motifs (C(OH)–C–C–N with tert-alkyl or cyclic N) is 1. The van der Waals surface area contributed by atoms with E-state index in [0.29, 0.717) is 25.7 Å². The fraction of sp³-hybridized carbons (Fsp3) is 0.611. The molecular weight excluding hydrogens is 335 g/mol. The third-order valence-corrected chi connectivity index (χ3v) is 5.23. The summed E-state index contributed by atoms with van der Waals surface area (Å²) in [6.45, 7) is 0.0503. The predicted octanol–water partition coefficient (Wildman–Crippen LogP) is 2.89. The highest BCUT2D eigenvalue weighted by molar-refractivity contribution is 5.80. The molecule has 1 aliphatic carbocycles. The Morgan fingerprint density at radius 1 is 1.04 bits per heavy atom. The number of halogens is 3. The van der Waals surface area contributed by atoms with Gasteiger partial charge in [-0.05, 0) is 43.7 Å². The zero-order valence-electron chi connectivity index (χ0n) is 13.7. The van der Waals surface area contributed by atoms with E-state index in [0.717, 1.165) is 6.07 Å². The van der Waals surface area contributed by atoms with Crippen LogP contribution in [0.3, 0.4) is 0 Å². The van der Waals surface area contributed by atoms with Crippen LogP contribution >= 0.6 is 0 Å². The molecule has 1 aromatic rings. The Labute approximate surface area is 144 Å². The Morgan fingerprint density at radius 3 is 2.32 bits per heavy atom. The van der Waals surface area contributed by atoms with Crippen LogP contribution in [0.15, 0.2) is 24.3 Å². The van der Waals surface area contributed by atoms with Crippen molar-refractivity contribution in [3.63, 3.8) is 0 Å². The molecule has 1 heterocycles. The average molecular weight is 357 g/mol. The largest absolute Gasteiger partial charge is 0.416 e. The molecule has 1 aromatic carbocycles. The number of aliphatic hydroxyl groups excluding tert-OH is 2. The second-order valence-electron chi connectivity index (χ2n) is 6.99. The summed E-state index contributed by atoms with van der Waals surface area (Å²) in [6, 6.07) is 4.48. The van der Waals surface area contributed by atoms with Gasteiger partial charge >= 0.3 is 6.18 Å². The average Bonchev–Trinajstić information content (AvgIpc) is 2.96. The molecule has 1 amide bonds. The van der Waals surface area contributed by atoms with E-state index in [1.807, 2.05) is 0 Å². The van der Waals surface area contributed by atoms with Crippen LogP contribution in [0.4, 0.5) is 13.2 Å². The maximum absolute atomic E-state index is 13.3. The van der Waals surface area contributed by atoms with Crippen molar-refractivity contribution in [2.75, 3.05) is 6.54 Å². The van der Waals surface area contributed by atoms with Gasteiger partial charge in [-0.15, -0.1) is 0 Å². The molecule has 7 heteroatoms. The smallest absolute Gasteiger partial charge is 0.393 e. The first kappa shape index (κ1) is 18.2. The molecule has 0 aromatic heterocycles. The van der Waals surface area contributed by atoms with Crippen LogP contribution in [0, 0.1) is 5.92 Å². The fourth-order valence-corrected chi connectivity index (χ4v) is 3.96. The molecule has 2 fully saturated rings. The topological polar surface area (TPSA) is 60.8 Å². The summed E-state index contributed by atoms with van der Waals surface area (Å²) in [5.41, 5.74) is -0.721. The third kappa shape index (κ3) is 3.82. The lowest BCUT2D eigenvalue weighted by atomic mass is 9.86. The Morgan fingerprint density at radius 2 is 1.68 bits per heavy atom. The minimum absolute atomic E-state index is 0.0377. The van der Waals surface area contributed by atoms with E-state index in [9.17, 15) is 28.2 Å². The van der Waals surface area contributed by atoms with Gasteiger partial charge in [-0.25, -0.2) is 0 Å². The van der Waals surface area contributed by atoms with Gasteiger partial charge in [0.1, 0.15) is 0 Å². The summed E-state index contributed by atoms with van der Waals surface area (Å²) in [5, 5.41) is 19.6. The molecule has 0 unspecified atom stereocenters. The van der Waals surface area contributed by atoms with Crippen molar-refractivity contribution in [3.05, 3.63) is 35.4 Å². The lowest BCUT2D eigenvalue weighted by Crippen LogP contribution is -2.39. The second-order valence-corrected chi connectivity index (χ2v) is 6.99. The summed E-state index contributed by atoms with van der Waals surface area (Å²) in [5.74, 6) is -0.514. The Bertz CT molecular complexity index is 626. The maximum Gasteiger partial charge on any atom is 0.416 e. The van der Waals surface area contributed by atoms with Gasteiger partial charge in [-0.3, -0.25) is 4.79 Å². The number of benzene rings is 1. The quantitative estimate of drug-likeness (QED) is 0.856. The number of nitrogens with zero attached hydrogens (tertiary/aromatic N) is 1. The molecule has 0 spiro atoms. The number of rotatable bonds is 2. The molecule has 1 saturated carbocycles. The number of aliphatic hydroxyl groups is 2. The Hall–Kier alpha value is -1.60. The second kappa shape index (κ2) is 6.96. The monoisotopic (exact) mass is 357 g/mol. The van der Waals surface area contributed by atoms with Crippen molar-refractivity contribution in [3.8, 4) is 0 Å². The van der Waals surface area contributed by atoms with Crippen molar-refractivity contribution in [1.29, 1.82) is 0 Å². The lowest BCUT2D eigenvalue weighted by molar-refractivity contribution is -0.142. The van der Waals surface area contributed by atoms with Crippen LogP contribution in [0.2, 0.25) is 0 Å². The highest BCUT2D eigenvalue weighted by Gasteiger charge is 2.43. The molecule has 138 valence electrons. The molecule has 2 N–H and O–H groups in total. The zero-order chi connectivity index (χ0) is 18.2. The van der Waals surface area contributed by atoms with E-state index in [1.165, 1.54) is 23.1 Å². The van der Waals surface area contributed by atoms with Gasteiger partial charge < -0.3 is 15.1 Å². The number of amides is 1. The van der Waals surface area contributed by atoms with Crippen LogP contribution in [0.5, 0.6) is 0 Å². The standard InChI is InChI=1S/C18H22F3NO3/c19-18(20,21)15-4-2-1-3-14(15)16-9-13(24)10-22(16)17(25)11-5-7-12(23)8-6-11/h1-4,11-13,16,23-24H,5-10H2/t11?,12?,13-,16-/m0/s1. The van der Waals surface area contributed by atoms with Crippen LogP contribution in [-0.4, -0.2) is 39.8 Å². The number of hydrogen-bond acceptors (Lipinski definition) is 3. The highest BCUT2D eigenvalue weighted by Crippen LogP contribution is 2.41. The first-order chi connectivity index (χ1) is 11.8. The molecule has 2 aliphatic rings. The van der Waals surface area contributed by atoms with E-state index >= 15 is 0 Å². The van der Waals surface area contributed by atoms with Crippen molar-refractivity contribution in [2.24, 2.45) is 5.92 Å². The minimum Gasteiger partial charge on any atom is -0.393 e. The summed E-state index contributed by atoms with van der Waals surface area (Å²) < 4.78 is 40.0. The van der Waals surface area contributed by atoms with Gasteiger partial charge in [0.25, 0.3) is 0 Å². The minimum atomic E-state index is -4.51. The molecule has 25 heavy (non-hydrogen) atoms. The SMILES string of the molecule is O=C(C1CCC(O)CC1)N1C[C@@H](O)C[C@H]1c1ccccc1C(F)(F)F. The van der Waals surface area contributed by atoms with Crippen molar-refractivity contribution >= 4 is 5.91 Å². The van der Waals surface area contributed by atoms with Crippen molar-refractivity contribution < 1.29 is 28.2 Å². The Balaban J connectivity index is 1.87. The Kier molecular flexibility index (Phi) is 5.06. The summed E-state index contributed by atoms with van der Waals surface area (Å²) in [6.07, 6.45) is -3.53.